The molecule has 3 nitrogen and oxygen atoms in total. The van der Waals surface area contributed by atoms with Crippen LogP contribution in [0.25, 0.3) is 0 Å². The molecule has 0 radical (unpaired) electrons. The number of halogens is 2. The zero-order valence-corrected chi connectivity index (χ0v) is 28.2. The van der Waals surface area contributed by atoms with E-state index in [9.17, 15) is 0 Å². The van der Waals surface area contributed by atoms with E-state index in [0.29, 0.717) is 0 Å². The highest BCUT2D eigenvalue weighted by atomic mass is 79.9. The van der Waals surface area contributed by atoms with Gasteiger partial charge in [0.05, 0.1) is 0 Å². The molecule has 5 rings (SSSR count). The molecule has 0 aliphatic heterocycles. The van der Waals surface area contributed by atoms with Crippen molar-refractivity contribution in [1.82, 2.24) is 4.98 Å². The van der Waals surface area contributed by atoms with E-state index in [0.717, 1.165) is 43.3 Å². The van der Waals surface area contributed by atoms with Crippen molar-refractivity contribution in [3.63, 3.8) is 0 Å². The van der Waals surface area contributed by atoms with E-state index in [-0.39, 0.29) is 10.8 Å². The summed E-state index contributed by atoms with van der Waals surface area (Å²) in [6, 6.07) is 40.4. The van der Waals surface area contributed by atoms with Crippen LogP contribution in [-0.2, 0) is 10.8 Å². The number of anilines is 6. The summed E-state index contributed by atoms with van der Waals surface area (Å²) in [6.45, 7) is 13.5. The van der Waals surface area contributed by atoms with Crippen molar-refractivity contribution in [2.75, 3.05) is 9.80 Å². The van der Waals surface area contributed by atoms with Gasteiger partial charge in [-0.1, -0.05) is 116 Å². The van der Waals surface area contributed by atoms with Crippen LogP contribution in [0.4, 0.5) is 34.4 Å². The summed E-state index contributed by atoms with van der Waals surface area (Å²) >= 11 is 7.57. The Morgan fingerprint density at radius 1 is 0.452 bits per heavy atom. The van der Waals surface area contributed by atoms with Gasteiger partial charge in [-0.2, -0.15) is 0 Å². The van der Waals surface area contributed by atoms with Crippen LogP contribution in [0, 0.1) is 0 Å². The maximum atomic E-state index is 5.34. The van der Waals surface area contributed by atoms with Gasteiger partial charge in [-0.3, -0.25) is 9.80 Å². The summed E-state index contributed by atoms with van der Waals surface area (Å²) in [6.07, 6.45) is 0. The molecule has 0 amide bonds. The van der Waals surface area contributed by atoms with Crippen LogP contribution in [-0.4, -0.2) is 4.98 Å². The number of para-hydroxylation sites is 2. The quantitative estimate of drug-likeness (QED) is 0.178. The van der Waals surface area contributed by atoms with Crippen LogP contribution in [0.2, 0.25) is 0 Å². The van der Waals surface area contributed by atoms with Crippen molar-refractivity contribution < 1.29 is 0 Å². The number of aromatic nitrogens is 1. The average molecular weight is 684 g/mol. The molecule has 0 N–H and O–H groups in total. The molecule has 5 aromatic rings. The lowest BCUT2D eigenvalue weighted by molar-refractivity contribution is 0.589. The lowest BCUT2D eigenvalue weighted by atomic mass is 9.87. The second-order valence-electron chi connectivity index (χ2n) is 12.6. The van der Waals surface area contributed by atoms with E-state index < -0.39 is 0 Å². The van der Waals surface area contributed by atoms with Crippen molar-refractivity contribution in [2.45, 2.75) is 52.4 Å². The monoisotopic (exact) mass is 681 g/mol. The normalized spacial score (nSPS) is 11.8. The summed E-state index contributed by atoms with van der Waals surface area (Å²) in [5.41, 5.74) is 6.67. The van der Waals surface area contributed by atoms with Gasteiger partial charge in [0.25, 0.3) is 0 Å². The first-order valence-corrected chi connectivity index (χ1v) is 15.8. The summed E-state index contributed by atoms with van der Waals surface area (Å²) in [4.78, 5) is 9.80. The number of benzene rings is 4. The molecule has 1 heterocycles. The van der Waals surface area contributed by atoms with Gasteiger partial charge in [0.1, 0.15) is 11.6 Å². The zero-order valence-electron chi connectivity index (χ0n) is 25.1. The van der Waals surface area contributed by atoms with E-state index in [2.05, 4.69) is 186 Å². The van der Waals surface area contributed by atoms with E-state index in [4.69, 9.17) is 4.98 Å². The fourth-order valence-corrected chi connectivity index (χ4v) is 5.88. The molecule has 0 atom stereocenters. The molecule has 0 fully saturated rings. The lowest BCUT2D eigenvalue weighted by Gasteiger charge is -2.30. The van der Waals surface area contributed by atoms with Crippen molar-refractivity contribution >= 4 is 66.2 Å². The first-order chi connectivity index (χ1) is 19.9. The van der Waals surface area contributed by atoms with E-state index >= 15 is 0 Å². The molecule has 1 aromatic heterocycles. The molecule has 0 aliphatic rings. The van der Waals surface area contributed by atoms with Crippen LogP contribution < -0.4 is 9.80 Å². The summed E-state index contributed by atoms with van der Waals surface area (Å²) in [7, 11) is 0. The third kappa shape index (κ3) is 6.79. The highest BCUT2D eigenvalue weighted by Crippen LogP contribution is 2.41. The minimum absolute atomic E-state index is 0.00820. The Labute approximate surface area is 267 Å². The van der Waals surface area contributed by atoms with Gasteiger partial charge in [0, 0.05) is 31.7 Å². The van der Waals surface area contributed by atoms with Gasteiger partial charge >= 0.3 is 0 Å². The van der Waals surface area contributed by atoms with Crippen molar-refractivity contribution in [2.24, 2.45) is 0 Å². The molecule has 42 heavy (non-hydrogen) atoms. The number of rotatable bonds is 6. The topological polar surface area (TPSA) is 19.4 Å². The number of pyridine rings is 1. The largest absolute Gasteiger partial charge is 0.295 e. The Kier molecular flexibility index (Phi) is 8.63. The molecule has 5 heteroatoms. The average Bonchev–Trinajstić information content (AvgIpc) is 2.93. The maximum Gasteiger partial charge on any atom is 0.140 e. The second kappa shape index (κ2) is 12.1. The molecule has 0 spiro atoms. The number of nitrogens with zero attached hydrogens (tertiary/aromatic N) is 3. The smallest absolute Gasteiger partial charge is 0.140 e. The Morgan fingerprint density at radius 3 is 1.19 bits per heavy atom. The molecular weight excluding hydrogens is 646 g/mol. The predicted molar refractivity (Wildman–Crippen MR) is 186 cm³/mol. The van der Waals surface area contributed by atoms with Gasteiger partial charge in [-0.15, -0.1) is 0 Å². The van der Waals surface area contributed by atoms with Crippen LogP contribution in [0.5, 0.6) is 0 Å². The van der Waals surface area contributed by atoms with Crippen LogP contribution in [0.15, 0.2) is 124 Å². The molecule has 4 aromatic carbocycles. The van der Waals surface area contributed by atoms with Crippen LogP contribution >= 0.6 is 31.9 Å². The minimum atomic E-state index is -0.00820. The van der Waals surface area contributed by atoms with Gasteiger partial charge < -0.3 is 0 Å². The van der Waals surface area contributed by atoms with Crippen molar-refractivity contribution in [3.05, 3.63) is 135 Å². The number of hydrogen-bond donors (Lipinski definition) is 0. The Morgan fingerprint density at radius 2 is 0.833 bits per heavy atom. The molecule has 214 valence electrons. The standard InChI is InChI=1S/C37H37Br2N3/c1-36(2,3)26-20-28(38)24-32(22-26)41(30-14-9-7-10-15-30)34-18-13-19-35(40-34)42(31-16-11-8-12-17-31)33-23-27(37(4,5)6)21-29(39)25-33/h7-25H,1-6H3. The van der Waals surface area contributed by atoms with E-state index in [1.54, 1.807) is 0 Å². The van der Waals surface area contributed by atoms with Crippen molar-refractivity contribution in [1.29, 1.82) is 0 Å². The van der Waals surface area contributed by atoms with E-state index in [1.807, 2.05) is 12.1 Å². The third-order valence-electron chi connectivity index (χ3n) is 7.22. The van der Waals surface area contributed by atoms with Crippen molar-refractivity contribution in [3.8, 4) is 0 Å². The Bertz CT molecular complexity index is 1550. The Hall–Kier alpha value is -3.41. The molecular formula is C37H37Br2N3. The predicted octanol–water partition coefficient (Wildman–Crippen LogP) is 12.1. The summed E-state index contributed by atoms with van der Waals surface area (Å²) in [5.74, 6) is 1.67. The molecule has 0 unspecified atom stereocenters. The van der Waals surface area contributed by atoms with Gasteiger partial charge in [-0.05, 0) is 94.8 Å². The first-order valence-electron chi connectivity index (χ1n) is 14.2. The van der Waals surface area contributed by atoms with Crippen LogP contribution in [0.3, 0.4) is 0 Å². The summed E-state index contributed by atoms with van der Waals surface area (Å²) < 4.78 is 2.08. The first kappa shape index (κ1) is 30.1. The SMILES string of the molecule is CC(C)(C)c1cc(Br)cc(N(c2ccccc2)c2cccc(N(c3ccccc3)c3cc(Br)cc(C(C)(C)C)c3)n2)c1. The molecule has 0 saturated heterocycles. The minimum Gasteiger partial charge on any atom is -0.295 e. The molecule has 0 bridgehead atoms. The van der Waals surface area contributed by atoms with Gasteiger partial charge in [-0.25, -0.2) is 4.98 Å². The number of hydrogen-bond acceptors (Lipinski definition) is 3. The molecule has 0 saturated carbocycles. The molecule has 0 aliphatic carbocycles. The summed E-state index contributed by atoms with van der Waals surface area (Å²) in [5, 5.41) is 0. The Balaban J connectivity index is 1.71. The van der Waals surface area contributed by atoms with Gasteiger partial charge in [0.2, 0.25) is 0 Å². The highest BCUT2D eigenvalue weighted by Gasteiger charge is 2.23. The maximum absolute atomic E-state index is 5.34. The lowest BCUT2D eigenvalue weighted by Crippen LogP contribution is -2.18. The third-order valence-corrected chi connectivity index (χ3v) is 8.14. The second-order valence-corrected chi connectivity index (χ2v) is 14.4. The van der Waals surface area contributed by atoms with Gasteiger partial charge in [0.15, 0.2) is 0 Å². The van der Waals surface area contributed by atoms with E-state index in [1.165, 1.54) is 11.1 Å². The highest BCUT2D eigenvalue weighted by molar-refractivity contribution is 9.10. The van der Waals surface area contributed by atoms with Crippen LogP contribution in [0.1, 0.15) is 52.7 Å². The fourth-order valence-electron chi connectivity index (χ4n) is 4.92. The fraction of sp³-hybridized carbons (Fsp3) is 0.216. The zero-order chi connectivity index (χ0) is 30.1.